The van der Waals surface area contributed by atoms with Gasteiger partial charge < -0.3 is 14.4 Å². The Morgan fingerprint density at radius 1 is 1.14 bits per heavy atom. The van der Waals surface area contributed by atoms with Crippen molar-refractivity contribution < 1.29 is 4.79 Å². The van der Waals surface area contributed by atoms with Gasteiger partial charge in [0.05, 0.1) is 11.1 Å². The number of hydrogen-bond acceptors (Lipinski definition) is 4. The van der Waals surface area contributed by atoms with Crippen LogP contribution in [0, 0.1) is 17.2 Å². The SMILES string of the molecule is CC(C)Cn1cc(C(=O)N2CCN(c3ncccc3C#N)CC2)c2ccccc21. The Balaban J connectivity index is 1.54. The lowest BCUT2D eigenvalue weighted by molar-refractivity contribution is 0.0748. The molecular weight excluding hydrogens is 362 g/mol. The lowest BCUT2D eigenvalue weighted by atomic mass is 10.1. The van der Waals surface area contributed by atoms with Crippen LogP contribution >= 0.6 is 0 Å². The van der Waals surface area contributed by atoms with Gasteiger partial charge in [-0.1, -0.05) is 32.0 Å². The second kappa shape index (κ2) is 7.96. The summed E-state index contributed by atoms with van der Waals surface area (Å²) in [5.41, 5.74) is 2.45. The number of piperazine rings is 1. The molecule has 3 aromatic rings. The summed E-state index contributed by atoms with van der Waals surface area (Å²) in [6, 6.07) is 13.9. The van der Waals surface area contributed by atoms with Crippen molar-refractivity contribution in [2.45, 2.75) is 20.4 Å². The molecular formula is C23H25N5O. The van der Waals surface area contributed by atoms with Gasteiger partial charge in [-0.15, -0.1) is 0 Å². The van der Waals surface area contributed by atoms with Crippen LogP contribution in [0.4, 0.5) is 5.82 Å². The number of benzene rings is 1. The molecule has 29 heavy (non-hydrogen) atoms. The Hall–Kier alpha value is -3.33. The van der Waals surface area contributed by atoms with Crippen molar-refractivity contribution in [1.82, 2.24) is 14.5 Å². The number of fused-ring (bicyclic) bond motifs is 1. The third-order valence-corrected chi connectivity index (χ3v) is 5.35. The highest BCUT2D eigenvalue weighted by Gasteiger charge is 2.26. The van der Waals surface area contributed by atoms with Crippen LogP contribution in [-0.4, -0.2) is 46.5 Å². The van der Waals surface area contributed by atoms with E-state index in [9.17, 15) is 10.1 Å². The van der Waals surface area contributed by atoms with Crippen LogP contribution < -0.4 is 4.90 Å². The van der Waals surface area contributed by atoms with Gasteiger partial charge in [-0.2, -0.15) is 5.26 Å². The van der Waals surface area contributed by atoms with E-state index < -0.39 is 0 Å². The molecule has 0 radical (unpaired) electrons. The molecule has 0 saturated carbocycles. The van der Waals surface area contributed by atoms with E-state index in [1.807, 2.05) is 29.3 Å². The van der Waals surface area contributed by atoms with Gasteiger partial charge >= 0.3 is 0 Å². The number of amides is 1. The molecule has 1 aromatic carbocycles. The first-order chi connectivity index (χ1) is 14.1. The van der Waals surface area contributed by atoms with Crippen LogP contribution in [0.2, 0.25) is 0 Å². The van der Waals surface area contributed by atoms with Crippen molar-refractivity contribution >= 4 is 22.6 Å². The van der Waals surface area contributed by atoms with E-state index in [1.165, 1.54) is 0 Å². The molecule has 1 aliphatic heterocycles. The third-order valence-electron chi connectivity index (χ3n) is 5.35. The first kappa shape index (κ1) is 19.0. The second-order valence-corrected chi connectivity index (χ2v) is 7.87. The average Bonchev–Trinajstić information content (AvgIpc) is 3.11. The Morgan fingerprint density at radius 2 is 1.90 bits per heavy atom. The number of rotatable bonds is 4. The number of nitrogens with zero attached hydrogens (tertiary/aromatic N) is 5. The number of aromatic nitrogens is 2. The Labute approximate surface area is 171 Å². The Kier molecular flexibility index (Phi) is 5.22. The maximum absolute atomic E-state index is 13.3. The largest absolute Gasteiger partial charge is 0.352 e. The monoisotopic (exact) mass is 387 g/mol. The number of pyridine rings is 1. The molecule has 0 N–H and O–H groups in total. The summed E-state index contributed by atoms with van der Waals surface area (Å²) in [4.78, 5) is 21.7. The third kappa shape index (κ3) is 3.68. The minimum atomic E-state index is 0.0740. The van der Waals surface area contributed by atoms with Gasteiger partial charge in [-0.25, -0.2) is 4.98 Å². The summed E-state index contributed by atoms with van der Waals surface area (Å²) >= 11 is 0. The number of hydrogen-bond donors (Lipinski definition) is 0. The maximum atomic E-state index is 13.3. The molecule has 0 bridgehead atoms. The van der Waals surface area contributed by atoms with E-state index in [1.54, 1.807) is 18.3 Å². The second-order valence-electron chi connectivity index (χ2n) is 7.87. The molecule has 6 heteroatoms. The van der Waals surface area contributed by atoms with Gasteiger partial charge in [0, 0.05) is 56.0 Å². The summed E-state index contributed by atoms with van der Waals surface area (Å²) < 4.78 is 2.19. The van der Waals surface area contributed by atoms with Crippen LogP contribution in [-0.2, 0) is 6.54 Å². The summed E-state index contributed by atoms with van der Waals surface area (Å²) in [5.74, 6) is 1.28. The standard InChI is InChI=1S/C23H25N5O/c1-17(2)15-28-16-20(19-7-3-4-8-21(19)28)23(29)27-12-10-26(11-13-27)22-18(14-24)6-5-9-25-22/h3-9,16-17H,10-13,15H2,1-2H3. The van der Waals surface area contributed by atoms with Gasteiger partial charge in [0.15, 0.2) is 0 Å². The van der Waals surface area contributed by atoms with E-state index in [0.29, 0.717) is 43.5 Å². The normalized spacial score (nSPS) is 14.4. The molecule has 2 aromatic heterocycles. The van der Waals surface area contributed by atoms with Crippen LogP contribution in [0.1, 0.15) is 29.8 Å². The fraction of sp³-hybridized carbons (Fsp3) is 0.348. The summed E-state index contributed by atoms with van der Waals surface area (Å²) in [7, 11) is 0. The van der Waals surface area contributed by atoms with Crippen molar-refractivity contribution in [1.29, 1.82) is 5.26 Å². The molecule has 1 aliphatic rings. The highest BCUT2D eigenvalue weighted by atomic mass is 16.2. The van der Waals surface area contributed by atoms with E-state index in [2.05, 4.69) is 40.4 Å². The lowest BCUT2D eigenvalue weighted by Crippen LogP contribution is -2.49. The number of carbonyl (C=O) groups is 1. The Morgan fingerprint density at radius 3 is 2.62 bits per heavy atom. The van der Waals surface area contributed by atoms with Gasteiger partial charge in [0.2, 0.25) is 0 Å². The number of anilines is 1. The molecule has 0 unspecified atom stereocenters. The minimum Gasteiger partial charge on any atom is -0.352 e. The van der Waals surface area contributed by atoms with E-state index in [4.69, 9.17) is 0 Å². The average molecular weight is 387 g/mol. The van der Waals surface area contributed by atoms with Crippen LogP contribution in [0.25, 0.3) is 10.9 Å². The summed E-state index contributed by atoms with van der Waals surface area (Å²) in [6.45, 7) is 7.82. The van der Waals surface area contributed by atoms with Crippen molar-refractivity contribution in [3.63, 3.8) is 0 Å². The molecule has 1 amide bonds. The van der Waals surface area contributed by atoms with E-state index in [0.717, 1.165) is 23.0 Å². The summed E-state index contributed by atoms with van der Waals surface area (Å²) in [6.07, 6.45) is 3.71. The first-order valence-corrected chi connectivity index (χ1v) is 10.1. The molecule has 1 saturated heterocycles. The summed E-state index contributed by atoms with van der Waals surface area (Å²) in [5, 5.41) is 10.3. The minimum absolute atomic E-state index is 0.0740. The van der Waals surface area contributed by atoms with Crippen molar-refractivity contribution in [3.05, 3.63) is 59.9 Å². The fourth-order valence-corrected chi connectivity index (χ4v) is 3.99. The first-order valence-electron chi connectivity index (χ1n) is 10.1. The zero-order valence-electron chi connectivity index (χ0n) is 16.9. The predicted molar refractivity (Wildman–Crippen MR) is 114 cm³/mol. The van der Waals surface area contributed by atoms with Gasteiger partial charge in [0.25, 0.3) is 5.91 Å². The number of para-hydroxylation sites is 1. The fourth-order valence-electron chi connectivity index (χ4n) is 3.99. The zero-order chi connectivity index (χ0) is 20.4. The zero-order valence-corrected chi connectivity index (χ0v) is 16.9. The van der Waals surface area contributed by atoms with Crippen LogP contribution in [0.15, 0.2) is 48.8 Å². The number of nitriles is 1. The quantitative estimate of drug-likeness (QED) is 0.687. The molecule has 0 spiro atoms. The predicted octanol–water partition coefficient (Wildman–Crippen LogP) is 3.53. The van der Waals surface area contributed by atoms with Gasteiger partial charge in [-0.3, -0.25) is 4.79 Å². The van der Waals surface area contributed by atoms with Crippen molar-refractivity contribution in [3.8, 4) is 6.07 Å². The van der Waals surface area contributed by atoms with Crippen molar-refractivity contribution in [2.75, 3.05) is 31.1 Å². The van der Waals surface area contributed by atoms with Crippen LogP contribution in [0.5, 0.6) is 0 Å². The molecule has 148 valence electrons. The molecule has 0 aliphatic carbocycles. The highest BCUT2D eigenvalue weighted by molar-refractivity contribution is 6.07. The topological polar surface area (TPSA) is 65.2 Å². The smallest absolute Gasteiger partial charge is 0.256 e. The molecule has 6 nitrogen and oxygen atoms in total. The molecule has 1 fully saturated rings. The highest BCUT2D eigenvalue weighted by Crippen LogP contribution is 2.25. The Bertz CT molecular complexity index is 1070. The van der Waals surface area contributed by atoms with Crippen LogP contribution in [0.3, 0.4) is 0 Å². The van der Waals surface area contributed by atoms with Gasteiger partial charge in [-0.05, 0) is 24.1 Å². The molecule has 3 heterocycles. The van der Waals surface area contributed by atoms with Crippen molar-refractivity contribution in [2.24, 2.45) is 5.92 Å². The molecule has 0 atom stereocenters. The molecule has 4 rings (SSSR count). The lowest BCUT2D eigenvalue weighted by Gasteiger charge is -2.35. The van der Waals surface area contributed by atoms with E-state index in [-0.39, 0.29) is 5.91 Å². The van der Waals surface area contributed by atoms with Gasteiger partial charge in [0.1, 0.15) is 11.9 Å². The number of carbonyl (C=O) groups excluding carboxylic acids is 1. The van der Waals surface area contributed by atoms with E-state index >= 15 is 0 Å². The maximum Gasteiger partial charge on any atom is 0.256 e.